The molecule has 6 heteroatoms. The molecular formula is C11H8AsNO4. The standard InChI is InChI=1S/C11H8AsNO4/c14-11(15)10-9(4-5-12-10)7-2-1-3-8(6-7)13(16)17/h1-6,12H,(H,14,15). The van der Waals surface area contributed by atoms with Gasteiger partial charge >= 0.3 is 103 Å². The summed E-state index contributed by atoms with van der Waals surface area (Å²) in [5, 5.41) is 19.7. The monoisotopic (exact) mass is 293 g/mol. The van der Waals surface area contributed by atoms with Crippen LogP contribution in [0, 0.1) is 10.1 Å². The Hall–Kier alpha value is -1.87. The fraction of sp³-hybridized carbons (Fsp3) is 0. The Labute approximate surface area is 103 Å². The molecule has 86 valence electrons. The third kappa shape index (κ3) is 2.29. The molecule has 0 aliphatic carbocycles. The number of nitro groups is 1. The van der Waals surface area contributed by atoms with Gasteiger partial charge in [-0.05, 0) is 0 Å². The van der Waals surface area contributed by atoms with Gasteiger partial charge in [-0.2, -0.15) is 0 Å². The Balaban J connectivity index is 2.50. The number of nitro benzene ring substituents is 1. The SMILES string of the molecule is O=C(O)C1=C(c2cccc([N+](=O)[O-])c2)C=C[AsH]1. The van der Waals surface area contributed by atoms with Gasteiger partial charge in [0.25, 0.3) is 0 Å². The van der Waals surface area contributed by atoms with Crippen LogP contribution in [-0.4, -0.2) is 31.8 Å². The third-order valence-corrected chi connectivity index (χ3v) is 4.65. The number of nitrogens with zero attached hydrogens (tertiary/aromatic N) is 1. The van der Waals surface area contributed by atoms with Crippen LogP contribution in [0.4, 0.5) is 5.69 Å². The molecule has 1 aromatic rings. The summed E-state index contributed by atoms with van der Waals surface area (Å²) in [4.78, 5) is 23.0. The molecule has 0 amide bonds. The van der Waals surface area contributed by atoms with E-state index in [1.165, 1.54) is 12.1 Å². The van der Waals surface area contributed by atoms with Crippen LogP contribution in [0.5, 0.6) is 0 Å². The number of hydrogen-bond donors (Lipinski definition) is 1. The van der Waals surface area contributed by atoms with Crippen LogP contribution in [0.15, 0.2) is 39.6 Å². The summed E-state index contributed by atoms with van der Waals surface area (Å²) in [6, 6.07) is 6.04. The van der Waals surface area contributed by atoms with Crippen molar-refractivity contribution in [1.29, 1.82) is 0 Å². The van der Waals surface area contributed by atoms with Crippen molar-refractivity contribution in [3.05, 3.63) is 55.2 Å². The molecule has 5 nitrogen and oxygen atoms in total. The molecule has 17 heavy (non-hydrogen) atoms. The maximum absolute atomic E-state index is 11.0. The zero-order chi connectivity index (χ0) is 12.4. The molecule has 0 saturated carbocycles. The van der Waals surface area contributed by atoms with Gasteiger partial charge in [-0.3, -0.25) is 0 Å². The molecule has 0 aromatic heterocycles. The number of benzene rings is 1. The Morgan fingerprint density at radius 2 is 2.18 bits per heavy atom. The quantitative estimate of drug-likeness (QED) is 0.518. The van der Waals surface area contributed by atoms with E-state index in [4.69, 9.17) is 5.11 Å². The van der Waals surface area contributed by atoms with Crippen LogP contribution in [0.1, 0.15) is 5.56 Å². The number of rotatable bonds is 3. The molecule has 1 aliphatic heterocycles. The van der Waals surface area contributed by atoms with Crippen LogP contribution >= 0.6 is 0 Å². The van der Waals surface area contributed by atoms with E-state index in [-0.39, 0.29) is 5.69 Å². The van der Waals surface area contributed by atoms with Gasteiger partial charge in [-0.25, -0.2) is 0 Å². The summed E-state index contributed by atoms with van der Waals surface area (Å²) in [6.07, 6.45) is 1.74. The van der Waals surface area contributed by atoms with Crippen molar-refractivity contribution in [3.8, 4) is 0 Å². The zero-order valence-corrected chi connectivity index (χ0v) is 10.7. The van der Waals surface area contributed by atoms with E-state index < -0.39 is 26.6 Å². The molecule has 0 fully saturated rings. The number of carbonyl (C=O) groups is 1. The van der Waals surface area contributed by atoms with Gasteiger partial charge in [0.15, 0.2) is 0 Å². The number of carboxylic acid groups (broad SMARTS) is 1. The number of non-ortho nitro benzene ring substituents is 1. The van der Waals surface area contributed by atoms with Crippen LogP contribution in [0.2, 0.25) is 0 Å². The number of carboxylic acids is 1. The molecule has 0 bridgehead atoms. The fourth-order valence-corrected chi connectivity index (χ4v) is 3.51. The molecule has 0 spiro atoms. The van der Waals surface area contributed by atoms with E-state index in [0.717, 1.165) is 0 Å². The van der Waals surface area contributed by atoms with Gasteiger partial charge in [0.2, 0.25) is 0 Å². The van der Waals surface area contributed by atoms with Crippen molar-refractivity contribution < 1.29 is 14.8 Å². The molecule has 1 aliphatic rings. The average Bonchev–Trinajstić information content (AvgIpc) is 2.78. The first-order chi connectivity index (χ1) is 8.09. The molecule has 1 N–H and O–H groups in total. The molecule has 1 heterocycles. The average molecular weight is 293 g/mol. The second-order valence-electron chi connectivity index (χ2n) is 3.38. The molecule has 1 atom stereocenters. The molecule has 0 radical (unpaired) electrons. The van der Waals surface area contributed by atoms with Crippen molar-refractivity contribution >= 4 is 33.0 Å². The van der Waals surface area contributed by atoms with E-state index in [1.54, 1.807) is 18.2 Å². The van der Waals surface area contributed by atoms with Crippen molar-refractivity contribution in [2.75, 3.05) is 0 Å². The fourth-order valence-electron chi connectivity index (χ4n) is 1.57. The Morgan fingerprint density at radius 1 is 1.41 bits per heavy atom. The molecule has 2 rings (SSSR count). The van der Waals surface area contributed by atoms with Crippen molar-refractivity contribution in [3.63, 3.8) is 0 Å². The minimum atomic E-state index is -0.934. The first kappa shape index (κ1) is 11.6. The number of allylic oxidation sites excluding steroid dienone is 2. The summed E-state index contributed by atoms with van der Waals surface area (Å²) in [6.45, 7) is 0. The Kier molecular flexibility index (Phi) is 3.11. The summed E-state index contributed by atoms with van der Waals surface area (Å²) in [5.74, 6) is -0.934. The van der Waals surface area contributed by atoms with E-state index in [0.29, 0.717) is 15.5 Å². The Morgan fingerprint density at radius 3 is 2.82 bits per heavy atom. The topological polar surface area (TPSA) is 80.4 Å². The summed E-state index contributed by atoms with van der Waals surface area (Å²) in [5.41, 5.74) is 1.16. The zero-order valence-electron chi connectivity index (χ0n) is 8.58. The summed E-state index contributed by atoms with van der Waals surface area (Å²) in [7, 11) is 0. The van der Waals surface area contributed by atoms with Crippen molar-refractivity contribution in [2.45, 2.75) is 0 Å². The second kappa shape index (κ2) is 4.55. The first-order valence-electron chi connectivity index (χ1n) is 4.75. The predicted octanol–water partition coefficient (Wildman–Crippen LogP) is 1.35. The van der Waals surface area contributed by atoms with Crippen LogP contribution in [0.25, 0.3) is 5.57 Å². The second-order valence-corrected chi connectivity index (χ2v) is 5.73. The van der Waals surface area contributed by atoms with Gasteiger partial charge < -0.3 is 0 Å². The van der Waals surface area contributed by atoms with Gasteiger partial charge in [0.1, 0.15) is 0 Å². The van der Waals surface area contributed by atoms with Crippen LogP contribution in [0.3, 0.4) is 0 Å². The maximum atomic E-state index is 11.0. The van der Waals surface area contributed by atoms with Gasteiger partial charge in [-0.15, -0.1) is 0 Å². The van der Waals surface area contributed by atoms with E-state index in [9.17, 15) is 14.9 Å². The third-order valence-electron chi connectivity index (χ3n) is 2.33. The van der Waals surface area contributed by atoms with Gasteiger partial charge in [0.05, 0.1) is 0 Å². The van der Waals surface area contributed by atoms with Crippen LogP contribution in [-0.2, 0) is 4.79 Å². The van der Waals surface area contributed by atoms with Crippen molar-refractivity contribution in [1.82, 2.24) is 0 Å². The predicted molar refractivity (Wildman–Crippen MR) is 63.9 cm³/mol. The summed E-state index contributed by atoms with van der Waals surface area (Å²) >= 11 is -0.760. The summed E-state index contributed by atoms with van der Waals surface area (Å²) < 4.78 is 0.394. The van der Waals surface area contributed by atoms with Gasteiger partial charge in [-0.1, -0.05) is 0 Å². The molecule has 0 saturated heterocycles. The minimum absolute atomic E-state index is 0.0277. The molecule has 1 aromatic carbocycles. The van der Waals surface area contributed by atoms with Crippen LogP contribution < -0.4 is 0 Å². The van der Waals surface area contributed by atoms with Crippen molar-refractivity contribution in [2.24, 2.45) is 0 Å². The van der Waals surface area contributed by atoms with E-state index in [1.807, 2.05) is 4.86 Å². The van der Waals surface area contributed by atoms with E-state index >= 15 is 0 Å². The number of hydrogen-bond acceptors (Lipinski definition) is 3. The normalized spacial score (nSPS) is 15.5. The molecule has 1 unspecified atom stereocenters. The Bertz CT molecular complexity index is 562. The van der Waals surface area contributed by atoms with E-state index in [2.05, 4.69) is 0 Å². The number of aliphatic carboxylic acids is 1. The molecular weight excluding hydrogens is 285 g/mol. The first-order valence-corrected chi connectivity index (χ1v) is 7.01. The van der Waals surface area contributed by atoms with Gasteiger partial charge in [0, 0.05) is 0 Å².